The number of rotatable bonds is 20. The molecular formula is C25H50N2O2. The van der Waals surface area contributed by atoms with Crippen LogP contribution in [-0.2, 0) is 4.79 Å². The Hall–Kier alpha value is -0.450. The molecule has 0 aromatic rings. The van der Waals surface area contributed by atoms with Gasteiger partial charge in [0.2, 0.25) is 0 Å². The maximum absolute atomic E-state index is 12.2. The summed E-state index contributed by atoms with van der Waals surface area (Å²) < 4.78 is 0. The number of unbranched alkanes of at least 4 members (excludes halogenated alkanes) is 13. The molecule has 1 N–H and O–H groups in total. The molecule has 172 valence electrons. The molecule has 1 aliphatic rings. The van der Waals surface area contributed by atoms with Gasteiger partial charge in [0.15, 0.2) is 0 Å². The van der Waals surface area contributed by atoms with Crippen LogP contribution in [0.5, 0.6) is 0 Å². The Morgan fingerprint density at radius 1 is 0.655 bits per heavy atom. The van der Waals surface area contributed by atoms with Gasteiger partial charge in [0, 0.05) is 45.8 Å². The summed E-state index contributed by atoms with van der Waals surface area (Å²) in [5, 5.41) is 8.91. The third-order valence-corrected chi connectivity index (χ3v) is 6.31. The Bertz CT molecular complexity index is 368. The minimum Gasteiger partial charge on any atom is -0.396 e. The first-order valence-corrected chi connectivity index (χ1v) is 12.8. The average molecular weight is 411 g/mol. The lowest BCUT2D eigenvalue weighted by Gasteiger charge is -2.34. The largest absolute Gasteiger partial charge is 0.396 e. The van der Waals surface area contributed by atoms with Crippen molar-refractivity contribution in [3.05, 3.63) is 0 Å². The Balaban J connectivity index is 1.82. The Morgan fingerprint density at radius 2 is 1.10 bits per heavy atom. The van der Waals surface area contributed by atoms with Gasteiger partial charge in [-0.1, -0.05) is 90.4 Å². The van der Waals surface area contributed by atoms with Crippen LogP contribution in [0.1, 0.15) is 110 Å². The van der Waals surface area contributed by atoms with Crippen LogP contribution in [0, 0.1) is 0 Å². The molecule has 4 nitrogen and oxygen atoms in total. The third-order valence-electron chi connectivity index (χ3n) is 6.31. The summed E-state index contributed by atoms with van der Waals surface area (Å²) in [5.74, 6) is 0.424. The molecule has 0 spiro atoms. The van der Waals surface area contributed by atoms with Crippen molar-refractivity contribution in [1.82, 2.24) is 9.80 Å². The van der Waals surface area contributed by atoms with Crippen molar-refractivity contribution in [2.75, 3.05) is 45.9 Å². The smallest absolute Gasteiger partial charge is 0.146 e. The molecule has 0 aromatic heterocycles. The second-order valence-corrected chi connectivity index (χ2v) is 9.08. The van der Waals surface area contributed by atoms with E-state index >= 15 is 0 Å². The summed E-state index contributed by atoms with van der Waals surface area (Å²) in [6.45, 7) is 8.24. The fraction of sp³-hybridized carbons (Fsp3) is 0.960. The Labute approximate surface area is 181 Å². The number of hydrogen-bond acceptors (Lipinski definition) is 4. The highest BCUT2D eigenvalue weighted by Gasteiger charge is 2.18. The number of hydrogen-bond donors (Lipinski definition) is 1. The monoisotopic (exact) mass is 410 g/mol. The summed E-state index contributed by atoms with van der Waals surface area (Å²) in [6.07, 6.45) is 20.7. The van der Waals surface area contributed by atoms with E-state index in [1.54, 1.807) is 0 Å². The Kier molecular flexibility index (Phi) is 17.9. The summed E-state index contributed by atoms with van der Waals surface area (Å²) in [4.78, 5) is 16.9. The van der Waals surface area contributed by atoms with Crippen LogP contribution in [0.4, 0.5) is 0 Å². The van der Waals surface area contributed by atoms with E-state index < -0.39 is 0 Å². The normalized spacial score (nSPS) is 15.8. The summed E-state index contributed by atoms with van der Waals surface area (Å²) >= 11 is 0. The molecule has 29 heavy (non-hydrogen) atoms. The number of aliphatic hydroxyl groups excluding tert-OH is 1. The predicted molar refractivity (Wildman–Crippen MR) is 125 cm³/mol. The van der Waals surface area contributed by atoms with Gasteiger partial charge in [-0.3, -0.25) is 9.69 Å². The topological polar surface area (TPSA) is 43.8 Å². The van der Waals surface area contributed by atoms with E-state index in [0.717, 1.165) is 52.0 Å². The standard InChI is InChI=1S/C25H50N2O2/c1-2-3-4-5-6-7-8-9-10-11-12-13-14-15-17-25(29)24-27-21-19-26(20-22-27)18-16-23-28/h28H,2-24H2,1H3. The van der Waals surface area contributed by atoms with E-state index in [4.69, 9.17) is 5.11 Å². The SMILES string of the molecule is CCCCCCCCCCCCCCCCC(=O)CN1CCN(CCCO)CC1. The zero-order chi connectivity index (χ0) is 21.0. The fourth-order valence-corrected chi connectivity index (χ4v) is 4.31. The highest BCUT2D eigenvalue weighted by molar-refractivity contribution is 5.80. The number of piperazine rings is 1. The van der Waals surface area contributed by atoms with E-state index in [2.05, 4.69) is 16.7 Å². The molecular weight excluding hydrogens is 360 g/mol. The van der Waals surface area contributed by atoms with Gasteiger partial charge in [0.25, 0.3) is 0 Å². The van der Waals surface area contributed by atoms with E-state index in [-0.39, 0.29) is 6.61 Å². The molecule has 0 atom stereocenters. The molecule has 0 radical (unpaired) electrons. The molecule has 1 rings (SSSR count). The van der Waals surface area contributed by atoms with Crippen molar-refractivity contribution in [1.29, 1.82) is 0 Å². The summed E-state index contributed by atoms with van der Waals surface area (Å²) in [6, 6.07) is 0. The molecule has 1 saturated heterocycles. The van der Waals surface area contributed by atoms with Crippen molar-refractivity contribution in [3.63, 3.8) is 0 Å². The van der Waals surface area contributed by atoms with Crippen molar-refractivity contribution in [2.45, 2.75) is 110 Å². The Morgan fingerprint density at radius 3 is 1.59 bits per heavy atom. The summed E-state index contributed by atoms with van der Waals surface area (Å²) in [7, 11) is 0. The molecule has 0 amide bonds. The first kappa shape index (κ1) is 26.6. The molecule has 1 heterocycles. The van der Waals surface area contributed by atoms with Crippen LogP contribution in [0.15, 0.2) is 0 Å². The molecule has 1 aliphatic heterocycles. The quantitative estimate of drug-likeness (QED) is 0.272. The van der Waals surface area contributed by atoms with Gasteiger partial charge in [-0.25, -0.2) is 0 Å². The van der Waals surface area contributed by atoms with Crippen LogP contribution in [0.3, 0.4) is 0 Å². The second kappa shape index (κ2) is 19.5. The molecule has 0 aromatic carbocycles. The van der Waals surface area contributed by atoms with Gasteiger partial charge in [0.1, 0.15) is 5.78 Å². The van der Waals surface area contributed by atoms with Gasteiger partial charge in [-0.15, -0.1) is 0 Å². The van der Waals surface area contributed by atoms with Crippen LogP contribution in [-0.4, -0.2) is 66.6 Å². The van der Waals surface area contributed by atoms with Crippen LogP contribution in [0.25, 0.3) is 0 Å². The molecule has 0 saturated carbocycles. The molecule has 1 fully saturated rings. The van der Waals surface area contributed by atoms with Gasteiger partial charge >= 0.3 is 0 Å². The number of Topliss-reactive ketones (excluding diaryl/α,β-unsaturated/α-hetero) is 1. The van der Waals surface area contributed by atoms with Gasteiger partial charge in [-0.2, -0.15) is 0 Å². The minimum atomic E-state index is 0.276. The van der Waals surface area contributed by atoms with Crippen molar-refractivity contribution in [2.24, 2.45) is 0 Å². The van der Waals surface area contributed by atoms with Crippen LogP contribution < -0.4 is 0 Å². The highest BCUT2D eigenvalue weighted by atomic mass is 16.3. The average Bonchev–Trinajstić information content (AvgIpc) is 2.73. The van der Waals surface area contributed by atoms with E-state index in [1.165, 1.54) is 83.5 Å². The third kappa shape index (κ3) is 16.0. The molecule has 0 bridgehead atoms. The van der Waals surface area contributed by atoms with Crippen molar-refractivity contribution < 1.29 is 9.90 Å². The predicted octanol–water partition coefficient (Wildman–Crippen LogP) is 5.43. The first-order chi connectivity index (χ1) is 14.3. The number of nitrogens with zero attached hydrogens (tertiary/aromatic N) is 2. The first-order valence-electron chi connectivity index (χ1n) is 12.8. The minimum absolute atomic E-state index is 0.276. The second-order valence-electron chi connectivity index (χ2n) is 9.08. The highest BCUT2D eigenvalue weighted by Crippen LogP contribution is 2.13. The van der Waals surface area contributed by atoms with Gasteiger partial charge in [-0.05, 0) is 12.8 Å². The van der Waals surface area contributed by atoms with Crippen LogP contribution in [0.2, 0.25) is 0 Å². The fourth-order valence-electron chi connectivity index (χ4n) is 4.31. The van der Waals surface area contributed by atoms with E-state index in [0.29, 0.717) is 12.3 Å². The number of carbonyl (C=O) groups is 1. The lowest BCUT2D eigenvalue weighted by molar-refractivity contribution is -0.120. The summed E-state index contributed by atoms with van der Waals surface area (Å²) in [5.41, 5.74) is 0. The lowest BCUT2D eigenvalue weighted by atomic mass is 10.0. The molecule has 4 heteroatoms. The lowest BCUT2D eigenvalue weighted by Crippen LogP contribution is -2.48. The number of carbonyl (C=O) groups excluding carboxylic acids is 1. The van der Waals surface area contributed by atoms with E-state index in [9.17, 15) is 4.79 Å². The van der Waals surface area contributed by atoms with E-state index in [1.807, 2.05) is 0 Å². The number of aliphatic hydroxyl groups is 1. The maximum atomic E-state index is 12.2. The van der Waals surface area contributed by atoms with Gasteiger partial charge < -0.3 is 10.0 Å². The van der Waals surface area contributed by atoms with Crippen molar-refractivity contribution >= 4 is 5.78 Å². The zero-order valence-electron chi connectivity index (χ0n) is 19.5. The zero-order valence-corrected chi connectivity index (χ0v) is 19.5. The van der Waals surface area contributed by atoms with Crippen LogP contribution >= 0.6 is 0 Å². The number of ketones is 1. The maximum Gasteiger partial charge on any atom is 0.146 e. The molecule has 0 aliphatic carbocycles. The van der Waals surface area contributed by atoms with Crippen molar-refractivity contribution in [3.8, 4) is 0 Å². The molecule has 0 unspecified atom stereocenters. The van der Waals surface area contributed by atoms with Gasteiger partial charge in [0.05, 0.1) is 6.54 Å².